The number of hydrogen-bond donors (Lipinski definition) is 0. The highest BCUT2D eigenvalue weighted by molar-refractivity contribution is 7.07. The van der Waals surface area contributed by atoms with E-state index >= 15 is 0 Å². The molecule has 2 heterocycles. The molecule has 0 bridgehead atoms. The predicted octanol–water partition coefficient (Wildman–Crippen LogP) is 4.37. The Morgan fingerprint density at radius 1 is 1.05 bits per heavy atom. The number of carbonyl (C=O) groups is 1. The molecule has 0 saturated heterocycles. The van der Waals surface area contributed by atoms with Crippen LogP contribution in [0.3, 0.4) is 0 Å². The summed E-state index contributed by atoms with van der Waals surface area (Å²) in [6.07, 6.45) is 2.90. The highest BCUT2D eigenvalue weighted by atomic mass is 32.1. The van der Waals surface area contributed by atoms with Crippen LogP contribution in [0.25, 0.3) is 6.08 Å². The van der Waals surface area contributed by atoms with Gasteiger partial charge in [0.2, 0.25) is 0 Å². The van der Waals surface area contributed by atoms with Gasteiger partial charge >= 0.3 is 5.97 Å². The van der Waals surface area contributed by atoms with E-state index in [4.69, 9.17) is 14.2 Å². The standard InChI is InChI=1S/C29H32N2O5S/c1-6-18(4)36-23-13-9-20(10-14-23)17-24-27(32)31-26(21-11-15-22(16-12-21)34-7-2)25(28(33)35-8-3)19(5)30-29(31)37-24/h9-18,26H,6-8H2,1-5H3/b24-17+/t18-,26-/m1/s1. The van der Waals surface area contributed by atoms with Crippen LogP contribution in [0.15, 0.2) is 69.6 Å². The second kappa shape index (κ2) is 11.6. The zero-order valence-electron chi connectivity index (χ0n) is 21.8. The van der Waals surface area contributed by atoms with E-state index in [1.165, 1.54) is 11.3 Å². The number of thiazole rings is 1. The van der Waals surface area contributed by atoms with E-state index in [1.54, 1.807) is 18.4 Å². The monoisotopic (exact) mass is 520 g/mol. The van der Waals surface area contributed by atoms with Gasteiger partial charge in [-0.3, -0.25) is 9.36 Å². The van der Waals surface area contributed by atoms with Crippen molar-refractivity contribution in [2.45, 2.75) is 53.2 Å². The lowest BCUT2D eigenvalue weighted by atomic mass is 9.96. The number of carbonyl (C=O) groups excluding carboxylic acids is 1. The first-order valence-corrected chi connectivity index (χ1v) is 13.4. The van der Waals surface area contributed by atoms with E-state index in [0.29, 0.717) is 27.2 Å². The molecule has 0 aliphatic carbocycles. The van der Waals surface area contributed by atoms with Crippen molar-refractivity contribution in [3.8, 4) is 11.5 Å². The Morgan fingerprint density at radius 2 is 1.73 bits per heavy atom. The molecule has 0 spiro atoms. The maximum atomic E-state index is 13.7. The minimum Gasteiger partial charge on any atom is -0.494 e. The van der Waals surface area contributed by atoms with Crippen molar-refractivity contribution in [3.05, 3.63) is 90.6 Å². The third kappa shape index (κ3) is 5.69. The zero-order valence-corrected chi connectivity index (χ0v) is 22.6. The fourth-order valence-electron chi connectivity index (χ4n) is 4.13. The Balaban J connectivity index is 1.80. The van der Waals surface area contributed by atoms with Crippen molar-refractivity contribution < 1.29 is 19.0 Å². The molecule has 1 aromatic heterocycles. The van der Waals surface area contributed by atoms with E-state index in [1.807, 2.05) is 68.5 Å². The van der Waals surface area contributed by atoms with Gasteiger partial charge < -0.3 is 14.2 Å². The minimum absolute atomic E-state index is 0.133. The molecule has 0 radical (unpaired) electrons. The van der Waals surface area contributed by atoms with Crippen molar-refractivity contribution in [1.82, 2.24) is 4.57 Å². The normalized spacial score (nSPS) is 16.1. The number of benzene rings is 2. The molecule has 3 aromatic rings. The predicted molar refractivity (Wildman–Crippen MR) is 145 cm³/mol. The molecule has 0 amide bonds. The summed E-state index contributed by atoms with van der Waals surface area (Å²) in [4.78, 5) is 31.9. The first-order chi connectivity index (χ1) is 17.9. The fourth-order valence-corrected chi connectivity index (χ4v) is 5.18. The molecule has 194 valence electrons. The highest BCUT2D eigenvalue weighted by Crippen LogP contribution is 2.31. The second-order valence-electron chi connectivity index (χ2n) is 8.71. The van der Waals surface area contributed by atoms with Crippen molar-refractivity contribution in [2.24, 2.45) is 4.99 Å². The largest absolute Gasteiger partial charge is 0.494 e. The van der Waals surface area contributed by atoms with Gasteiger partial charge in [-0.1, -0.05) is 42.5 Å². The lowest BCUT2D eigenvalue weighted by Crippen LogP contribution is -2.39. The molecule has 37 heavy (non-hydrogen) atoms. The Hall–Kier alpha value is -3.65. The third-order valence-electron chi connectivity index (χ3n) is 6.11. The molecule has 2 atom stereocenters. The maximum Gasteiger partial charge on any atom is 0.338 e. The van der Waals surface area contributed by atoms with E-state index in [2.05, 4.69) is 11.9 Å². The minimum atomic E-state index is -0.653. The summed E-state index contributed by atoms with van der Waals surface area (Å²) in [5, 5.41) is 0. The van der Waals surface area contributed by atoms with Gasteiger partial charge in [0.25, 0.3) is 5.56 Å². The van der Waals surface area contributed by atoms with Gasteiger partial charge in [-0.25, -0.2) is 9.79 Å². The van der Waals surface area contributed by atoms with Crippen LogP contribution in [0.4, 0.5) is 0 Å². The smallest absolute Gasteiger partial charge is 0.338 e. The van der Waals surface area contributed by atoms with Gasteiger partial charge in [0.05, 0.1) is 41.2 Å². The topological polar surface area (TPSA) is 79.1 Å². The number of ether oxygens (including phenoxy) is 3. The molecule has 0 fully saturated rings. The van der Waals surface area contributed by atoms with Crippen LogP contribution < -0.4 is 24.4 Å². The van der Waals surface area contributed by atoms with Crippen LogP contribution in [-0.4, -0.2) is 29.9 Å². The quantitative estimate of drug-likeness (QED) is 0.392. The number of hydrogen-bond acceptors (Lipinski definition) is 7. The van der Waals surface area contributed by atoms with Gasteiger partial charge in [-0.2, -0.15) is 0 Å². The fraction of sp³-hybridized carbons (Fsp3) is 0.345. The summed E-state index contributed by atoms with van der Waals surface area (Å²) in [6, 6.07) is 14.4. The summed E-state index contributed by atoms with van der Waals surface area (Å²) < 4.78 is 18.9. The Morgan fingerprint density at radius 3 is 2.35 bits per heavy atom. The van der Waals surface area contributed by atoms with Crippen LogP contribution in [0.5, 0.6) is 11.5 Å². The zero-order chi connectivity index (χ0) is 26.5. The van der Waals surface area contributed by atoms with Crippen molar-refractivity contribution in [2.75, 3.05) is 13.2 Å². The molecule has 0 unspecified atom stereocenters. The van der Waals surface area contributed by atoms with Crippen LogP contribution in [0, 0.1) is 0 Å². The van der Waals surface area contributed by atoms with Crippen LogP contribution in [0.1, 0.15) is 58.2 Å². The highest BCUT2D eigenvalue weighted by Gasteiger charge is 2.33. The lowest BCUT2D eigenvalue weighted by molar-refractivity contribution is -0.139. The summed E-state index contributed by atoms with van der Waals surface area (Å²) >= 11 is 1.30. The van der Waals surface area contributed by atoms with Crippen molar-refractivity contribution in [1.29, 1.82) is 0 Å². The van der Waals surface area contributed by atoms with Crippen LogP contribution >= 0.6 is 11.3 Å². The van der Waals surface area contributed by atoms with Gasteiger partial charge in [0, 0.05) is 0 Å². The number of rotatable bonds is 9. The SMILES string of the molecule is CCOC(=O)C1=C(C)N=c2s/c(=C/c3ccc(O[C@H](C)CC)cc3)c(=O)n2[C@@H]1c1ccc(OCC)cc1. The molecule has 1 aliphatic rings. The number of aromatic nitrogens is 1. The lowest BCUT2D eigenvalue weighted by Gasteiger charge is -2.24. The Kier molecular flexibility index (Phi) is 8.28. The molecule has 4 rings (SSSR count). The Bertz CT molecular complexity index is 1470. The molecule has 0 N–H and O–H groups in total. The van der Waals surface area contributed by atoms with Gasteiger partial charge in [0.15, 0.2) is 4.80 Å². The molecule has 7 nitrogen and oxygen atoms in total. The first-order valence-electron chi connectivity index (χ1n) is 12.5. The summed E-state index contributed by atoms with van der Waals surface area (Å²) in [5.41, 5.74) is 2.34. The number of nitrogens with zero attached hydrogens (tertiary/aromatic N) is 2. The second-order valence-corrected chi connectivity index (χ2v) is 9.72. The molecule has 1 aliphatic heterocycles. The number of fused-ring (bicyclic) bond motifs is 1. The van der Waals surface area contributed by atoms with Gasteiger partial charge in [0.1, 0.15) is 11.5 Å². The van der Waals surface area contributed by atoms with Crippen molar-refractivity contribution in [3.63, 3.8) is 0 Å². The van der Waals surface area contributed by atoms with E-state index < -0.39 is 12.0 Å². The average Bonchev–Trinajstić information content (AvgIpc) is 3.19. The number of esters is 1. The van der Waals surface area contributed by atoms with E-state index in [0.717, 1.165) is 29.0 Å². The molecule has 2 aromatic carbocycles. The van der Waals surface area contributed by atoms with Gasteiger partial charge in [-0.15, -0.1) is 0 Å². The van der Waals surface area contributed by atoms with Crippen LogP contribution in [-0.2, 0) is 9.53 Å². The first kappa shape index (κ1) is 26.4. The molecular formula is C29H32N2O5S. The summed E-state index contributed by atoms with van der Waals surface area (Å²) in [6.45, 7) is 10.3. The van der Waals surface area contributed by atoms with E-state index in [-0.39, 0.29) is 18.3 Å². The van der Waals surface area contributed by atoms with Crippen LogP contribution in [0.2, 0.25) is 0 Å². The van der Waals surface area contributed by atoms with E-state index in [9.17, 15) is 9.59 Å². The average molecular weight is 521 g/mol. The molecule has 0 saturated carbocycles. The summed E-state index contributed by atoms with van der Waals surface area (Å²) in [5.74, 6) is 1.03. The van der Waals surface area contributed by atoms with Gasteiger partial charge in [-0.05, 0) is 75.6 Å². The Labute approximate surface area is 220 Å². The molecule has 8 heteroatoms. The van der Waals surface area contributed by atoms with Crippen molar-refractivity contribution >= 4 is 23.4 Å². The summed E-state index contributed by atoms with van der Waals surface area (Å²) in [7, 11) is 0. The maximum absolute atomic E-state index is 13.7. The number of allylic oxidation sites excluding steroid dienone is 1. The molecular weight excluding hydrogens is 488 g/mol. The third-order valence-corrected chi connectivity index (χ3v) is 7.10.